The molecule has 0 saturated heterocycles. The molecule has 0 saturated carbocycles. The van der Waals surface area contributed by atoms with Gasteiger partial charge in [0.25, 0.3) is 0 Å². The molecule has 17 heavy (non-hydrogen) atoms. The van der Waals surface area contributed by atoms with Crippen LogP contribution in [0, 0.1) is 0 Å². The van der Waals surface area contributed by atoms with Gasteiger partial charge < -0.3 is 0 Å². The molecule has 0 aromatic heterocycles. The molecular formula is C11H12F3NO2. The van der Waals surface area contributed by atoms with Crippen LogP contribution < -0.4 is 5.48 Å². The number of halogens is 3. The second kappa shape index (κ2) is 6.24. The lowest BCUT2D eigenvalue weighted by Crippen LogP contribution is -2.25. The highest BCUT2D eigenvalue weighted by Gasteiger charge is 2.27. The van der Waals surface area contributed by atoms with Crippen molar-refractivity contribution in [3.05, 3.63) is 35.9 Å². The average molecular weight is 247 g/mol. The van der Waals surface area contributed by atoms with Crippen molar-refractivity contribution in [1.82, 2.24) is 5.48 Å². The van der Waals surface area contributed by atoms with Crippen molar-refractivity contribution >= 4 is 5.91 Å². The van der Waals surface area contributed by atoms with Gasteiger partial charge in [-0.25, -0.2) is 5.48 Å². The minimum atomic E-state index is -4.32. The summed E-state index contributed by atoms with van der Waals surface area (Å²) in [6, 6.07) is 8.98. The number of carbonyl (C=O) groups excluding carboxylic acids is 1. The van der Waals surface area contributed by atoms with Gasteiger partial charge in [-0.15, -0.1) is 0 Å². The lowest BCUT2D eigenvalue weighted by molar-refractivity contribution is -0.150. The molecule has 0 unspecified atom stereocenters. The molecule has 0 heterocycles. The van der Waals surface area contributed by atoms with Crippen molar-refractivity contribution in [2.45, 2.75) is 25.6 Å². The van der Waals surface area contributed by atoms with Crippen molar-refractivity contribution in [3.8, 4) is 0 Å². The van der Waals surface area contributed by atoms with Crippen molar-refractivity contribution in [1.29, 1.82) is 0 Å². The quantitative estimate of drug-likeness (QED) is 0.812. The third-order valence-corrected chi connectivity index (χ3v) is 1.90. The van der Waals surface area contributed by atoms with E-state index in [4.69, 9.17) is 4.84 Å². The van der Waals surface area contributed by atoms with Gasteiger partial charge in [-0.3, -0.25) is 9.63 Å². The van der Waals surface area contributed by atoms with Crippen molar-refractivity contribution in [2.75, 3.05) is 0 Å². The molecule has 94 valence electrons. The molecule has 0 spiro atoms. The predicted octanol–water partition coefficient (Wildman–Crippen LogP) is 2.58. The zero-order valence-corrected chi connectivity index (χ0v) is 8.96. The van der Waals surface area contributed by atoms with Gasteiger partial charge in [-0.05, 0) is 5.56 Å². The lowest BCUT2D eigenvalue weighted by atomic mass is 10.2. The van der Waals surface area contributed by atoms with Crippen molar-refractivity contribution < 1.29 is 22.8 Å². The Morgan fingerprint density at radius 2 is 1.88 bits per heavy atom. The van der Waals surface area contributed by atoms with Gasteiger partial charge in [-0.1, -0.05) is 30.3 Å². The van der Waals surface area contributed by atoms with E-state index in [9.17, 15) is 18.0 Å². The molecule has 1 N–H and O–H groups in total. The molecule has 1 aromatic carbocycles. The molecule has 1 amide bonds. The first-order valence-corrected chi connectivity index (χ1v) is 4.99. The Labute approximate surface area is 96.5 Å². The second-order valence-electron chi connectivity index (χ2n) is 3.41. The second-order valence-corrected chi connectivity index (χ2v) is 3.41. The van der Waals surface area contributed by atoms with Crippen LogP contribution >= 0.6 is 0 Å². The highest BCUT2D eigenvalue weighted by atomic mass is 19.4. The van der Waals surface area contributed by atoms with E-state index in [1.807, 2.05) is 11.5 Å². The average Bonchev–Trinajstić information content (AvgIpc) is 2.27. The zero-order chi connectivity index (χ0) is 12.7. The first kappa shape index (κ1) is 13.5. The predicted molar refractivity (Wildman–Crippen MR) is 54.7 cm³/mol. The van der Waals surface area contributed by atoms with Crippen LogP contribution in [-0.4, -0.2) is 12.1 Å². The highest BCUT2D eigenvalue weighted by molar-refractivity contribution is 5.74. The minimum Gasteiger partial charge on any atom is -0.273 e. The molecule has 0 aliphatic rings. The SMILES string of the molecule is O=C(CCC(F)(F)F)NOCc1ccccc1. The number of hydrogen-bond acceptors (Lipinski definition) is 2. The summed E-state index contributed by atoms with van der Waals surface area (Å²) in [6.07, 6.45) is -6.09. The summed E-state index contributed by atoms with van der Waals surface area (Å²) in [5.41, 5.74) is 2.79. The maximum atomic E-state index is 11.8. The van der Waals surface area contributed by atoms with Gasteiger partial charge in [0.1, 0.15) is 0 Å². The Kier molecular flexibility index (Phi) is 4.96. The molecule has 0 atom stereocenters. The van der Waals surface area contributed by atoms with Crippen molar-refractivity contribution in [3.63, 3.8) is 0 Å². The van der Waals surface area contributed by atoms with Gasteiger partial charge in [0, 0.05) is 6.42 Å². The summed E-state index contributed by atoms with van der Waals surface area (Å²) in [4.78, 5) is 15.7. The summed E-state index contributed by atoms with van der Waals surface area (Å²) >= 11 is 0. The first-order valence-electron chi connectivity index (χ1n) is 4.99. The topological polar surface area (TPSA) is 38.3 Å². The molecule has 0 bridgehead atoms. The van der Waals surface area contributed by atoms with Crippen LogP contribution in [0.1, 0.15) is 18.4 Å². The number of benzene rings is 1. The maximum Gasteiger partial charge on any atom is 0.389 e. The fourth-order valence-electron chi connectivity index (χ4n) is 1.08. The van der Waals surface area contributed by atoms with E-state index in [1.165, 1.54) is 0 Å². The van der Waals surface area contributed by atoms with E-state index in [0.29, 0.717) is 0 Å². The minimum absolute atomic E-state index is 0.124. The van der Waals surface area contributed by atoms with Crippen LogP contribution in [0.15, 0.2) is 30.3 Å². The van der Waals surface area contributed by atoms with Crippen LogP contribution in [0.5, 0.6) is 0 Å². The fraction of sp³-hybridized carbons (Fsp3) is 0.364. The normalized spacial score (nSPS) is 11.2. The van der Waals surface area contributed by atoms with Gasteiger partial charge >= 0.3 is 6.18 Å². The summed E-state index contributed by atoms with van der Waals surface area (Å²) < 4.78 is 35.3. The number of rotatable bonds is 5. The molecule has 0 fully saturated rings. The molecule has 0 radical (unpaired) electrons. The van der Waals surface area contributed by atoms with E-state index < -0.39 is 24.9 Å². The van der Waals surface area contributed by atoms with Crippen molar-refractivity contribution in [2.24, 2.45) is 0 Å². The number of nitrogens with one attached hydrogen (secondary N) is 1. The van der Waals surface area contributed by atoms with E-state index in [0.717, 1.165) is 5.56 Å². The van der Waals surface area contributed by atoms with Gasteiger partial charge in [0.15, 0.2) is 0 Å². The molecule has 3 nitrogen and oxygen atoms in total. The molecule has 1 aromatic rings. The van der Waals surface area contributed by atoms with Crippen LogP contribution in [0.4, 0.5) is 13.2 Å². The molecule has 1 rings (SSSR count). The Morgan fingerprint density at radius 1 is 1.24 bits per heavy atom. The van der Waals surface area contributed by atoms with Gasteiger partial charge in [0.2, 0.25) is 5.91 Å². The molecule has 0 aliphatic heterocycles. The first-order chi connectivity index (χ1) is 7.97. The molecule has 0 aliphatic carbocycles. The van der Waals surface area contributed by atoms with E-state index in [1.54, 1.807) is 24.3 Å². The monoisotopic (exact) mass is 247 g/mol. The van der Waals surface area contributed by atoms with Crippen LogP contribution in [0.3, 0.4) is 0 Å². The number of hydroxylamine groups is 1. The number of hydrogen-bond donors (Lipinski definition) is 1. The van der Waals surface area contributed by atoms with Crippen LogP contribution in [0.25, 0.3) is 0 Å². The molecular weight excluding hydrogens is 235 g/mol. The summed E-state index contributed by atoms with van der Waals surface area (Å²) in [5.74, 6) is -0.779. The van der Waals surface area contributed by atoms with E-state index in [-0.39, 0.29) is 6.61 Å². The Bertz CT molecular complexity index is 351. The highest BCUT2D eigenvalue weighted by Crippen LogP contribution is 2.20. The van der Waals surface area contributed by atoms with Crippen LogP contribution in [-0.2, 0) is 16.2 Å². The third-order valence-electron chi connectivity index (χ3n) is 1.90. The zero-order valence-electron chi connectivity index (χ0n) is 8.96. The Hall–Kier alpha value is -1.56. The number of carbonyl (C=O) groups is 1. The summed E-state index contributed by atoms with van der Waals surface area (Å²) in [6.45, 7) is 0.124. The Morgan fingerprint density at radius 3 is 2.47 bits per heavy atom. The Balaban J connectivity index is 2.17. The van der Waals surface area contributed by atoms with Crippen LogP contribution in [0.2, 0.25) is 0 Å². The van der Waals surface area contributed by atoms with Gasteiger partial charge in [0.05, 0.1) is 13.0 Å². The van der Waals surface area contributed by atoms with Gasteiger partial charge in [-0.2, -0.15) is 13.2 Å². The molecule has 6 heteroatoms. The summed E-state index contributed by atoms with van der Waals surface area (Å²) in [5, 5.41) is 0. The lowest BCUT2D eigenvalue weighted by Gasteiger charge is -2.07. The maximum absolute atomic E-state index is 11.8. The largest absolute Gasteiger partial charge is 0.389 e. The van der Waals surface area contributed by atoms with E-state index >= 15 is 0 Å². The smallest absolute Gasteiger partial charge is 0.273 e. The fourth-order valence-corrected chi connectivity index (χ4v) is 1.08. The third kappa shape index (κ3) is 6.57. The number of amides is 1. The number of alkyl halides is 3. The standard InChI is InChI=1S/C11H12F3NO2/c12-11(13,14)7-6-10(16)15-17-8-9-4-2-1-3-5-9/h1-5H,6-8H2,(H,15,16). The van der Waals surface area contributed by atoms with E-state index in [2.05, 4.69) is 0 Å². The summed E-state index contributed by atoms with van der Waals surface area (Å²) in [7, 11) is 0.